The molecule has 0 atom stereocenters. The second-order valence-electron chi connectivity index (χ2n) is 6.88. The van der Waals surface area contributed by atoms with Crippen molar-refractivity contribution in [3.05, 3.63) is 42.6 Å². The van der Waals surface area contributed by atoms with Crippen LogP contribution in [0, 0.1) is 0 Å². The molecule has 2 aromatic rings. The molecular weight excluding hydrogens is 344 g/mol. The average Bonchev–Trinajstić information content (AvgIpc) is 2.69. The van der Waals surface area contributed by atoms with E-state index in [0.717, 1.165) is 56.2 Å². The lowest BCUT2D eigenvalue weighted by Gasteiger charge is -2.35. The third-order valence-electron chi connectivity index (χ3n) is 5.10. The molecule has 6 heteroatoms. The van der Waals surface area contributed by atoms with E-state index < -0.39 is 0 Å². The fraction of sp³-hybridized carbons (Fsp3) is 0.400. The zero-order valence-electron chi connectivity index (χ0n) is 15.1. The van der Waals surface area contributed by atoms with Crippen molar-refractivity contribution in [1.29, 1.82) is 0 Å². The molecule has 136 valence electrons. The average molecular weight is 369 g/mol. The number of amides is 1. The Morgan fingerprint density at radius 2 is 1.92 bits per heavy atom. The van der Waals surface area contributed by atoms with Crippen LogP contribution < -0.4 is 4.90 Å². The highest BCUT2D eigenvalue weighted by atomic mass is 32.2. The molecule has 3 heterocycles. The number of aromatic nitrogens is 1. The van der Waals surface area contributed by atoms with Gasteiger partial charge in [0.05, 0.1) is 17.1 Å². The molecule has 1 aromatic heterocycles. The maximum atomic E-state index is 12.6. The van der Waals surface area contributed by atoms with Gasteiger partial charge in [0.1, 0.15) is 0 Å². The number of carbonyl (C=O) groups excluding carboxylic acids is 1. The Kier molecular flexibility index (Phi) is 5.24. The third kappa shape index (κ3) is 3.77. The normalized spacial score (nSPS) is 18.8. The number of piperazine rings is 1. The molecule has 5 nitrogen and oxygen atoms in total. The summed E-state index contributed by atoms with van der Waals surface area (Å²) in [5.74, 6) is 0.730. The van der Waals surface area contributed by atoms with Crippen LogP contribution in [-0.4, -0.2) is 72.8 Å². The van der Waals surface area contributed by atoms with E-state index in [9.17, 15) is 4.79 Å². The molecule has 2 aliphatic heterocycles. The standard InChI is InChI=1S/C20H24N4OS/c1-22-8-10-23(11-9-22)12-13-24-18-14-16(17-4-2-3-7-21-17)5-6-19(18)26-15-20(24)25/h2-7,14H,8-13,15H2,1H3. The highest BCUT2D eigenvalue weighted by molar-refractivity contribution is 8.00. The van der Waals surface area contributed by atoms with Gasteiger partial charge in [-0.25, -0.2) is 0 Å². The molecule has 0 unspecified atom stereocenters. The molecular formula is C20H24N4OS. The smallest absolute Gasteiger partial charge is 0.237 e. The van der Waals surface area contributed by atoms with E-state index >= 15 is 0 Å². The molecule has 1 fully saturated rings. The van der Waals surface area contributed by atoms with Crippen molar-refractivity contribution in [2.24, 2.45) is 0 Å². The van der Waals surface area contributed by atoms with Gasteiger partial charge in [-0.1, -0.05) is 12.1 Å². The van der Waals surface area contributed by atoms with Gasteiger partial charge in [-0.2, -0.15) is 0 Å². The molecule has 0 bridgehead atoms. The lowest BCUT2D eigenvalue weighted by Crippen LogP contribution is -2.48. The van der Waals surface area contributed by atoms with Crippen molar-refractivity contribution in [1.82, 2.24) is 14.8 Å². The van der Waals surface area contributed by atoms with E-state index in [1.807, 2.05) is 23.1 Å². The molecule has 0 radical (unpaired) electrons. The SMILES string of the molecule is CN1CCN(CCN2C(=O)CSc3ccc(-c4ccccn4)cc32)CC1. The predicted octanol–water partition coefficient (Wildman–Crippen LogP) is 2.43. The molecule has 26 heavy (non-hydrogen) atoms. The molecule has 4 rings (SSSR count). The number of hydrogen-bond donors (Lipinski definition) is 0. The quantitative estimate of drug-likeness (QED) is 0.829. The Bertz CT molecular complexity index is 775. The second-order valence-corrected chi connectivity index (χ2v) is 7.89. The summed E-state index contributed by atoms with van der Waals surface area (Å²) >= 11 is 1.63. The number of anilines is 1. The Morgan fingerprint density at radius 1 is 1.08 bits per heavy atom. The zero-order chi connectivity index (χ0) is 17.9. The minimum atomic E-state index is 0.204. The summed E-state index contributed by atoms with van der Waals surface area (Å²) in [4.78, 5) is 25.0. The van der Waals surface area contributed by atoms with E-state index in [1.54, 1.807) is 18.0 Å². The highest BCUT2D eigenvalue weighted by Gasteiger charge is 2.26. The Morgan fingerprint density at radius 3 is 2.69 bits per heavy atom. The molecule has 0 N–H and O–H groups in total. The van der Waals surface area contributed by atoms with Crippen LogP contribution in [0.5, 0.6) is 0 Å². The topological polar surface area (TPSA) is 39.7 Å². The number of carbonyl (C=O) groups is 1. The number of benzene rings is 1. The molecule has 0 spiro atoms. The first-order chi connectivity index (χ1) is 12.7. The first-order valence-corrected chi connectivity index (χ1v) is 10.1. The van der Waals surface area contributed by atoms with Gasteiger partial charge in [-0.3, -0.25) is 14.7 Å². The first kappa shape index (κ1) is 17.5. The van der Waals surface area contributed by atoms with Crippen LogP contribution in [0.2, 0.25) is 0 Å². The number of rotatable bonds is 4. The van der Waals surface area contributed by atoms with Crippen molar-refractivity contribution in [3.8, 4) is 11.3 Å². The van der Waals surface area contributed by atoms with Gasteiger partial charge < -0.3 is 9.80 Å². The summed E-state index contributed by atoms with van der Waals surface area (Å²) in [5.41, 5.74) is 3.03. The van der Waals surface area contributed by atoms with Crippen LogP contribution >= 0.6 is 11.8 Å². The van der Waals surface area contributed by atoms with Gasteiger partial charge >= 0.3 is 0 Å². The molecule has 0 saturated carbocycles. The maximum absolute atomic E-state index is 12.6. The predicted molar refractivity (Wildman–Crippen MR) is 107 cm³/mol. The number of hydrogen-bond acceptors (Lipinski definition) is 5. The van der Waals surface area contributed by atoms with Gasteiger partial charge in [-0.15, -0.1) is 11.8 Å². The minimum Gasteiger partial charge on any atom is -0.309 e. The van der Waals surface area contributed by atoms with Gasteiger partial charge in [-0.05, 0) is 31.3 Å². The number of likely N-dealkylation sites (N-methyl/N-ethyl adjacent to an activating group) is 1. The van der Waals surface area contributed by atoms with Gasteiger partial charge in [0.25, 0.3) is 0 Å². The Labute approximate surface area is 159 Å². The summed E-state index contributed by atoms with van der Waals surface area (Å²) < 4.78 is 0. The van der Waals surface area contributed by atoms with E-state index in [2.05, 4.69) is 40.0 Å². The molecule has 1 aromatic carbocycles. The summed E-state index contributed by atoms with van der Waals surface area (Å²) in [7, 11) is 2.16. The van der Waals surface area contributed by atoms with Crippen molar-refractivity contribution >= 4 is 23.4 Å². The van der Waals surface area contributed by atoms with Crippen LogP contribution in [0.15, 0.2) is 47.5 Å². The van der Waals surface area contributed by atoms with E-state index in [4.69, 9.17) is 0 Å². The number of nitrogens with zero attached hydrogens (tertiary/aromatic N) is 4. The summed E-state index contributed by atoms with van der Waals surface area (Å²) in [6, 6.07) is 12.3. The van der Waals surface area contributed by atoms with Gasteiger partial charge in [0.15, 0.2) is 0 Å². The summed E-state index contributed by atoms with van der Waals surface area (Å²) in [6.07, 6.45) is 1.81. The lowest BCUT2D eigenvalue weighted by atomic mass is 10.1. The van der Waals surface area contributed by atoms with Crippen LogP contribution in [-0.2, 0) is 4.79 Å². The number of fused-ring (bicyclic) bond motifs is 1. The first-order valence-electron chi connectivity index (χ1n) is 9.10. The third-order valence-corrected chi connectivity index (χ3v) is 6.15. The number of pyridine rings is 1. The van der Waals surface area contributed by atoms with Crippen molar-refractivity contribution in [3.63, 3.8) is 0 Å². The molecule has 0 aliphatic carbocycles. The maximum Gasteiger partial charge on any atom is 0.237 e. The number of thioether (sulfide) groups is 1. The Hall–Kier alpha value is -1.89. The van der Waals surface area contributed by atoms with Crippen molar-refractivity contribution in [2.45, 2.75) is 4.90 Å². The lowest BCUT2D eigenvalue weighted by molar-refractivity contribution is -0.116. The Balaban J connectivity index is 1.53. The summed E-state index contributed by atoms with van der Waals surface area (Å²) in [6.45, 7) is 6.04. The van der Waals surface area contributed by atoms with Crippen LogP contribution in [0.3, 0.4) is 0 Å². The molecule has 1 saturated heterocycles. The minimum absolute atomic E-state index is 0.204. The van der Waals surface area contributed by atoms with Crippen LogP contribution in [0.25, 0.3) is 11.3 Å². The monoisotopic (exact) mass is 368 g/mol. The molecule has 1 amide bonds. The van der Waals surface area contributed by atoms with Crippen molar-refractivity contribution < 1.29 is 4.79 Å². The largest absolute Gasteiger partial charge is 0.309 e. The summed E-state index contributed by atoms with van der Waals surface area (Å²) in [5, 5.41) is 0. The fourth-order valence-electron chi connectivity index (χ4n) is 3.45. The van der Waals surface area contributed by atoms with E-state index in [-0.39, 0.29) is 5.91 Å². The van der Waals surface area contributed by atoms with E-state index in [1.165, 1.54) is 4.90 Å². The van der Waals surface area contributed by atoms with Crippen molar-refractivity contribution in [2.75, 3.05) is 57.0 Å². The van der Waals surface area contributed by atoms with Gasteiger partial charge in [0, 0.05) is 55.9 Å². The second kappa shape index (κ2) is 7.78. The fourth-order valence-corrected chi connectivity index (χ4v) is 4.37. The van der Waals surface area contributed by atoms with Gasteiger partial charge in [0.2, 0.25) is 5.91 Å². The van der Waals surface area contributed by atoms with Crippen LogP contribution in [0.1, 0.15) is 0 Å². The van der Waals surface area contributed by atoms with E-state index in [0.29, 0.717) is 5.75 Å². The zero-order valence-corrected chi connectivity index (χ0v) is 15.9. The van der Waals surface area contributed by atoms with Crippen LogP contribution in [0.4, 0.5) is 5.69 Å². The molecule has 2 aliphatic rings. The highest BCUT2D eigenvalue weighted by Crippen LogP contribution is 2.37.